The van der Waals surface area contributed by atoms with Crippen molar-refractivity contribution in [2.45, 2.75) is 13.0 Å². The second-order valence-electron chi connectivity index (χ2n) is 8.47. The molecule has 6 rings (SSSR count). The number of amides is 1. The van der Waals surface area contributed by atoms with E-state index < -0.39 is 0 Å². The minimum atomic E-state index is -0.0274. The summed E-state index contributed by atoms with van der Waals surface area (Å²) in [6.45, 7) is 3.56. The first-order chi connectivity index (χ1) is 16.8. The van der Waals surface area contributed by atoms with E-state index in [1.807, 2.05) is 54.6 Å². The smallest absolute Gasteiger partial charge is 0.226 e. The Kier molecular flexibility index (Phi) is 5.31. The van der Waals surface area contributed by atoms with Crippen molar-refractivity contribution in [3.8, 4) is 0 Å². The van der Waals surface area contributed by atoms with E-state index in [-0.39, 0.29) is 5.91 Å². The maximum Gasteiger partial charge on any atom is 0.226 e. The van der Waals surface area contributed by atoms with Crippen LogP contribution in [0.25, 0.3) is 33.1 Å². The summed E-state index contributed by atoms with van der Waals surface area (Å²) in [4.78, 5) is 25.1. The normalized spacial score (nSPS) is 14.2. The number of nitrogens with one attached hydrogen (secondary N) is 1. The van der Waals surface area contributed by atoms with Gasteiger partial charge in [-0.2, -0.15) is 0 Å². The van der Waals surface area contributed by atoms with Gasteiger partial charge in [-0.25, -0.2) is 9.97 Å². The monoisotopic (exact) mass is 451 g/mol. The molecule has 0 atom stereocenters. The Hall–Kier alpha value is -3.97. The first kappa shape index (κ1) is 20.6. The highest BCUT2D eigenvalue weighted by atomic mass is 16.5. The maximum atomic E-state index is 13.0. The summed E-state index contributed by atoms with van der Waals surface area (Å²) in [5.41, 5.74) is 6.30. The van der Waals surface area contributed by atoms with E-state index >= 15 is 0 Å². The van der Waals surface area contributed by atoms with Crippen LogP contribution >= 0.6 is 0 Å². The Labute approximate surface area is 197 Å². The van der Waals surface area contributed by atoms with Crippen LogP contribution < -0.4 is 10.2 Å². The molecule has 1 fully saturated rings. The molecule has 0 unspecified atom stereocenters. The minimum absolute atomic E-state index is 0.0274. The van der Waals surface area contributed by atoms with Crippen molar-refractivity contribution in [1.29, 1.82) is 0 Å². The lowest BCUT2D eigenvalue weighted by atomic mass is 10.2. The molecule has 0 aliphatic carbocycles. The number of benzene rings is 3. The van der Waals surface area contributed by atoms with Gasteiger partial charge in [-0.15, -0.1) is 0 Å². The Morgan fingerprint density at radius 1 is 0.882 bits per heavy atom. The average molecular weight is 452 g/mol. The molecule has 1 aliphatic rings. The van der Waals surface area contributed by atoms with Crippen LogP contribution in [0.15, 0.2) is 72.8 Å². The van der Waals surface area contributed by atoms with Crippen molar-refractivity contribution < 1.29 is 9.53 Å². The molecule has 7 nitrogen and oxygen atoms in total. The summed E-state index contributed by atoms with van der Waals surface area (Å²) >= 11 is 0. The van der Waals surface area contributed by atoms with Crippen molar-refractivity contribution in [1.82, 2.24) is 14.5 Å². The Morgan fingerprint density at radius 2 is 1.59 bits per heavy atom. The molecule has 5 aromatic rings. The summed E-state index contributed by atoms with van der Waals surface area (Å²) in [6, 6.07) is 24.0. The van der Waals surface area contributed by atoms with Crippen molar-refractivity contribution in [2.24, 2.45) is 0 Å². The highest BCUT2D eigenvalue weighted by Crippen LogP contribution is 2.29. The second-order valence-corrected chi connectivity index (χ2v) is 8.47. The molecule has 2 aromatic heterocycles. The Morgan fingerprint density at radius 3 is 2.44 bits per heavy atom. The number of anilines is 2. The summed E-state index contributed by atoms with van der Waals surface area (Å²) in [7, 11) is 0. The number of hydrogen-bond donors (Lipinski definition) is 1. The maximum absolute atomic E-state index is 13.0. The van der Waals surface area contributed by atoms with E-state index in [9.17, 15) is 4.79 Å². The number of rotatable bonds is 5. The number of aromatic nitrogens is 3. The third kappa shape index (κ3) is 3.74. The van der Waals surface area contributed by atoms with Crippen LogP contribution in [-0.2, 0) is 16.1 Å². The molecule has 170 valence electrons. The number of carbonyl (C=O) groups excluding carboxylic acids is 1. The van der Waals surface area contributed by atoms with Crippen molar-refractivity contribution in [2.75, 3.05) is 36.5 Å². The van der Waals surface area contributed by atoms with Gasteiger partial charge in [-0.3, -0.25) is 4.79 Å². The van der Waals surface area contributed by atoms with Gasteiger partial charge in [0, 0.05) is 31.4 Å². The van der Waals surface area contributed by atoms with Crippen LogP contribution in [-0.4, -0.2) is 46.7 Å². The molecule has 3 heterocycles. The van der Waals surface area contributed by atoms with Crippen LogP contribution in [0.4, 0.5) is 11.4 Å². The quantitative estimate of drug-likeness (QED) is 0.423. The number of carbonyl (C=O) groups is 1. The standard InChI is InChI=1S/C27H25N5O2/c33-25(28-22-10-4-6-12-24(22)31-15-17-34-18-16-31)13-14-32-23-11-5-1-7-19(23)26-27(32)30-21-9-3-2-8-20(21)29-26/h1-12H,13-18H2,(H,28,33). The van der Waals surface area contributed by atoms with E-state index in [2.05, 4.69) is 33.0 Å². The molecule has 34 heavy (non-hydrogen) atoms. The van der Waals surface area contributed by atoms with Crippen molar-refractivity contribution >= 4 is 50.4 Å². The predicted octanol–water partition coefficient (Wildman–Crippen LogP) is 4.60. The summed E-state index contributed by atoms with van der Waals surface area (Å²) in [5.74, 6) is -0.0274. The molecule has 0 bridgehead atoms. The van der Waals surface area contributed by atoms with Gasteiger partial charge < -0.3 is 19.5 Å². The van der Waals surface area contributed by atoms with Gasteiger partial charge in [-0.1, -0.05) is 42.5 Å². The zero-order valence-corrected chi connectivity index (χ0v) is 18.8. The Balaban J connectivity index is 1.28. The van der Waals surface area contributed by atoms with Crippen LogP contribution in [0, 0.1) is 0 Å². The molecule has 0 saturated carbocycles. The van der Waals surface area contributed by atoms with Crippen molar-refractivity contribution in [3.05, 3.63) is 72.8 Å². The van der Waals surface area contributed by atoms with Crippen LogP contribution in [0.5, 0.6) is 0 Å². The van der Waals surface area contributed by atoms with Gasteiger partial charge in [0.05, 0.1) is 41.1 Å². The molecular formula is C27H25N5O2. The van der Waals surface area contributed by atoms with Gasteiger partial charge in [0.1, 0.15) is 5.52 Å². The van der Waals surface area contributed by atoms with Gasteiger partial charge in [0.25, 0.3) is 0 Å². The third-order valence-corrected chi connectivity index (χ3v) is 6.35. The van der Waals surface area contributed by atoms with E-state index in [1.54, 1.807) is 0 Å². The van der Waals surface area contributed by atoms with E-state index in [1.165, 1.54) is 0 Å². The molecule has 1 N–H and O–H groups in total. The fraction of sp³-hybridized carbons (Fsp3) is 0.222. The molecule has 0 radical (unpaired) electrons. The Bertz CT molecular complexity index is 1500. The molecule has 0 spiro atoms. The molecular weight excluding hydrogens is 426 g/mol. The van der Waals surface area contributed by atoms with Crippen LogP contribution in [0.1, 0.15) is 6.42 Å². The number of aryl methyl sites for hydroxylation is 1. The topological polar surface area (TPSA) is 72.3 Å². The summed E-state index contributed by atoms with van der Waals surface area (Å²) < 4.78 is 7.59. The summed E-state index contributed by atoms with van der Waals surface area (Å²) in [5, 5.41) is 4.18. The first-order valence-electron chi connectivity index (χ1n) is 11.6. The van der Waals surface area contributed by atoms with Gasteiger partial charge in [-0.05, 0) is 30.3 Å². The third-order valence-electron chi connectivity index (χ3n) is 6.35. The molecule has 7 heteroatoms. The van der Waals surface area contributed by atoms with Gasteiger partial charge in [0.2, 0.25) is 5.91 Å². The van der Waals surface area contributed by atoms with Gasteiger partial charge in [0.15, 0.2) is 5.65 Å². The zero-order valence-electron chi connectivity index (χ0n) is 18.8. The number of nitrogens with zero attached hydrogens (tertiary/aromatic N) is 4. The highest BCUT2D eigenvalue weighted by Gasteiger charge is 2.17. The van der Waals surface area contributed by atoms with E-state index in [4.69, 9.17) is 14.7 Å². The molecule has 1 amide bonds. The van der Waals surface area contributed by atoms with E-state index in [0.29, 0.717) is 26.2 Å². The lowest BCUT2D eigenvalue weighted by molar-refractivity contribution is -0.116. The number of para-hydroxylation sites is 5. The molecule has 1 saturated heterocycles. The fourth-order valence-corrected chi connectivity index (χ4v) is 4.69. The molecule has 1 aliphatic heterocycles. The fourth-order valence-electron chi connectivity index (χ4n) is 4.69. The van der Waals surface area contributed by atoms with Crippen LogP contribution in [0.3, 0.4) is 0 Å². The predicted molar refractivity (Wildman–Crippen MR) is 135 cm³/mol. The number of morpholine rings is 1. The lowest BCUT2D eigenvalue weighted by Gasteiger charge is -2.30. The van der Waals surface area contributed by atoms with E-state index in [0.717, 1.165) is 57.6 Å². The van der Waals surface area contributed by atoms with Crippen LogP contribution in [0.2, 0.25) is 0 Å². The minimum Gasteiger partial charge on any atom is -0.378 e. The van der Waals surface area contributed by atoms with Gasteiger partial charge >= 0.3 is 0 Å². The SMILES string of the molecule is O=C(CCn1c2ccccc2c2nc3ccccc3nc21)Nc1ccccc1N1CCOCC1. The average Bonchev–Trinajstić information content (AvgIpc) is 3.19. The number of hydrogen-bond acceptors (Lipinski definition) is 5. The number of fused-ring (bicyclic) bond motifs is 4. The largest absolute Gasteiger partial charge is 0.378 e. The first-order valence-corrected chi connectivity index (χ1v) is 11.6. The zero-order chi connectivity index (χ0) is 22.9. The highest BCUT2D eigenvalue weighted by molar-refractivity contribution is 6.06. The van der Waals surface area contributed by atoms with Crippen molar-refractivity contribution in [3.63, 3.8) is 0 Å². The molecule has 3 aromatic carbocycles. The lowest BCUT2D eigenvalue weighted by Crippen LogP contribution is -2.36. The second kappa shape index (κ2) is 8.76. The number of ether oxygens (including phenoxy) is 1. The summed E-state index contributed by atoms with van der Waals surface area (Å²) in [6.07, 6.45) is 0.333.